The maximum absolute atomic E-state index is 4.66. The fourth-order valence-corrected chi connectivity index (χ4v) is 3.15. The van der Waals surface area contributed by atoms with Gasteiger partial charge in [0.05, 0.1) is 12.2 Å². The van der Waals surface area contributed by atoms with Gasteiger partial charge in [-0.3, -0.25) is 4.98 Å². The number of rotatable bonds is 4. The van der Waals surface area contributed by atoms with Gasteiger partial charge in [0.25, 0.3) is 0 Å². The summed E-state index contributed by atoms with van der Waals surface area (Å²) >= 11 is 1.52. The van der Waals surface area contributed by atoms with Gasteiger partial charge in [0.1, 0.15) is 11.6 Å². The number of anilines is 2. The highest BCUT2D eigenvalue weighted by Crippen LogP contribution is 2.40. The molecule has 1 saturated heterocycles. The van der Waals surface area contributed by atoms with E-state index in [4.69, 9.17) is 0 Å². The molecule has 104 valence electrons. The van der Waals surface area contributed by atoms with E-state index in [0.29, 0.717) is 12.0 Å². The van der Waals surface area contributed by atoms with Crippen molar-refractivity contribution in [3.05, 3.63) is 24.4 Å². The van der Waals surface area contributed by atoms with Crippen LogP contribution in [0.5, 0.6) is 0 Å². The molecule has 0 bridgehead atoms. The summed E-state index contributed by atoms with van der Waals surface area (Å²) in [4.78, 5) is 17.6. The molecule has 7 heteroatoms. The van der Waals surface area contributed by atoms with Gasteiger partial charge in [0.15, 0.2) is 0 Å². The van der Waals surface area contributed by atoms with E-state index in [0.717, 1.165) is 29.9 Å². The Kier molecular flexibility index (Phi) is 2.80. The van der Waals surface area contributed by atoms with Crippen LogP contribution in [0.15, 0.2) is 18.6 Å². The molecule has 0 atom stereocenters. The summed E-state index contributed by atoms with van der Waals surface area (Å²) in [5.41, 5.74) is 0. The third-order valence-electron chi connectivity index (χ3n) is 3.96. The van der Waals surface area contributed by atoms with Crippen LogP contribution in [0, 0.1) is 0 Å². The van der Waals surface area contributed by atoms with Crippen LogP contribution in [0.3, 0.4) is 0 Å². The molecule has 6 nitrogen and oxygen atoms in total. The van der Waals surface area contributed by atoms with Crippen molar-refractivity contribution in [1.29, 1.82) is 0 Å². The summed E-state index contributed by atoms with van der Waals surface area (Å²) in [5.74, 6) is 2.63. The number of hydrogen-bond acceptors (Lipinski definition) is 7. The zero-order valence-corrected chi connectivity index (χ0v) is 12.1. The van der Waals surface area contributed by atoms with Gasteiger partial charge < -0.3 is 9.80 Å². The van der Waals surface area contributed by atoms with E-state index in [2.05, 4.69) is 36.2 Å². The highest BCUT2D eigenvalue weighted by molar-refractivity contribution is 7.09. The van der Waals surface area contributed by atoms with Crippen LogP contribution in [0.4, 0.5) is 10.9 Å². The van der Waals surface area contributed by atoms with Gasteiger partial charge in [-0.15, -0.1) is 0 Å². The van der Waals surface area contributed by atoms with Gasteiger partial charge in [-0.25, -0.2) is 9.97 Å². The summed E-state index contributed by atoms with van der Waals surface area (Å²) in [5, 5.41) is 1.04. The second-order valence-electron chi connectivity index (χ2n) is 5.44. The van der Waals surface area contributed by atoms with Crippen molar-refractivity contribution in [1.82, 2.24) is 19.3 Å². The van der Waals surface area contributed by atoms with Crippen LogP contribution in [-0.2, 0) is 0 Å². The largest absolute Gasteiger partial charge is 0.351 e. The molecule has 0 N–H and O–H groups in total. The Balaban J connectivity index is 1.39. The van der Waals surface area contributed by atoms with Crippen molar-refractivity contribution < 1.29 is 0 Å². The smallest absolute Gasteiger partial charge is 0.205 e. The molecule has 0 aromatic carbocycles. The first-order valence-electron chi connectivity index (χ1n) is 6.88. The topological polar surface area (TPSA) is 58.0 Å². The second kappa shape index (κ2) is 4.66. The van der Waals surface area contributed by atoms with E-state index in [1.165, 1.54) is 24.4 Å². The zero-order chi connectivity index (χ0) is 13.5. The van der Waals surface area contributed by atoms with Crippen molar-refractivity contribution in [2.45, 2.75) is 24.8 Å². The van der Waals surface area contributed by atoms with Gasteiger partial charge in [-0.2, -0.15) is 4.37 Å². The SMILES string of the molecule is CN(c1nc(C2CC2)ns1)C1CN(c2cnccn2)C1. The maximum Gasteiger partial charge on any atom is 0.205 e. The van der Waals surface area contributed by atoms with Crippen LogP contribution in [0.2, 0.25) is 0 Å². The molecule has 0 unspecified atom stereocenters. The molecule has 1 aliphatic carbocycles. The normalized spacial score (nSPS) is 18.9. The van der Waals surface area contributed by atoms with Gasteiger partial charge in [-0.1, -0.05) is 0 Å². The maximum atomic E-state index is 4.66. The molecule has 2 aromatic rings. The van der Waals surface area contributed by atoms with Crippen LogP contribution < -0.4 is 9.80 Å². The van der Waals surface area contributed by atoms with Crippen molar-refractivity contribution in [3.63, 3.8) is 0 Å². The van der Waals surface area contributed by atoms with E-state index < -0.39 is 0 Å². The Morgan fingerprint density at radius 2 is 2.15 bits per heavy atom. The van der Waals surface area contributed by atoms with Gasteiger partial charge >= 0.3 is 0 Å². The molecule has 0 amide bonds. The van der Waals surface area contributed by atoms with Crippen molar-refractivity contribution in [3.8, 4) is 0 Å². The molecule has 20 heavy (non-hydrogen) atoms. The highest BCUT2D eigenvalue weighted by atomic mass is 32.1. The first-order valence-corrected chi connectivity index (χ1v) is 7.66. The second-order valence-corrected chi connectivity index (χ2v) is 6.17. The van der Waals surface area contributed by atoms with E-state index >= 15 is 0 Å². The molecule has 0 radical (unpaired) electrons. The number of nitrogens with zero attached hydrogens (tertiary/aromatic N) is 6. The van der Waals surface area contributed by atoms with E-state index in [1.807, 2.05) is 6.20 Å². The molecule has 2 aromatic heterocycles. The molecule has 0 spiro atoms. The summed E-state index contributed by atoms with van der Waals surface area (Å²) < 4.78 is 4.47. The minimum Gasteiger partial charge on any atom is -0.351 e. The zero-order valence-electron chi connectivity index (χ0n) is 11.3. The summed E-state index contributed by atoms with van der Waals surface area (Å²) in [7, 11) is 2.11. The average Bonchev–Trinajstić information content (AvgIpc) is 3.16. The van der Waals surface area contributed by atoms with E-state index in [1.54, 1.807) is 12.4 Å². The minimum absolute atomic E-state index is 0.483. The number of likely N-dealkylation sites (N-methyl/N-ethyl adjacent to an activating group) is 1. The van der Waals surface area contributed by atoms with E-state index in [9.17, 15) is 0 Å². The Hall–Kier alpha value is -1.76. The first-order chi connectivity index (χ1) is 9.81. The van der Waals surface area contributed by atoms with Gasteiger partial charge in [-0.05, 0) is 12.8 Å². The molecule has 3 heterocycles. The minimum atomic E-state index is 0.483. The lowest BCUT2D eigenvalue weighted by molar-refractivity contribution is 0.491. The molecule has 2 fully saturated rings. The lowest BCUT2D eigenvalue weighted by atomic mass is 10.1. The molecule has 1 aliphatic heterocycles. The highest BCUT2D eigenvalue weighted by Gasteiger charge is 2.34. The van der Waals surface area contributed by atoms with Crippen molar-refractivity contribution in [2.24, 2.45) is 0 Å². The summed E-state index contributed by atoms with van der Waals surface area (Å²) in [6.45, 7) is 1.93. The first kappa shape index (κ1) is 12.0. The van der Waals surface area contributed by atoms with Crippen LogP contribution in [0.1, 0.15) is 24.6 Å². The lowest BCUT2D eigenvalue weighted by Crippen LogP contribution is -2.59. The Morgan fingerprint density at radius 1 is 1.30 bits per heavy atom. The Morgan fingerprint density at radius 3 is 2.85 bits per heavy atom. The number of aromatic nitrogens is 4. The molecule has 1 saturated carbocycles. The third kappa shape index (κ3) is 2.11. The molecule has 2 aliphatic rings. The van der Waals surface area contributed by atoms with Crippen LogP contribution in [0.25, 0.3) is 0 Å². The fraction of sp³-hybridized carbons (Fsp3) is 0.538. The van der Waals surface area contributed by atoms with Crippen LogP contribution in [-0.4, -0.2) is 45.5 Å². The molecule has 4 rings (SSSR count). The predicted octanol–water partition coefficient (Wildman–Crippen LogP) is 1.53. The van der Waals surface area contributed by atoms with Gasteiger partial charge in [0, 0.05) is 50.0 Å². The number of hydrogen-bond donors (Lipinski definition) is 0. The molecular weight excluding hydrogens is 272 g/mol. The van der Waals surface area contributed by atoms with Crippen molar-refractivity contribution in [2.75, 3.05) is 29.9 Å². The lowest BCUT2D eigenvalue weighted by Gasteiger charge is -2.44. The monoisotopic (exact) mass is 288 g/mol. The predicted molar refractivity (Wildman–Crippen MR) is 78.3 cm³/mol. The Bertz CT molecular complexity index is 590. The Labute approximate surface area is 121 Å². The summed E-state index contributed by atoms with van der Waals surface area (Å²) in [6.07, 6.45) is 7.76. The van der Waals surface area contributed by atoms with Crippen LogP contribution >= 0.6 is 11.5 Å². The molecular formula is C13H16N6S. The third-order valence-corrected chi connectivity index (χ3v) is 4.78. The summed E-state index contributed by atoms with van der Waals surface area (Å²) in [6, 6.07) is 0.483. The quantitative estimate of drug-likeness (QED) is 0.850. The standard InChI is InChI=1S/C13H16N6S/c1-18(13-16-12(17-20-13)9-2-3-9)10-7-19(8-10)11-6-14-4-5-15-11/h4-6,9-10H,2-3,7-8H2,1H3. The van der Waals surface area contributed by atoms with E-state index in [-0.39, 0.29) is 0 Å². The van der Waals surface area contributed by atoms with Gasteiger partial charge in [0.2, 0.25) is 5.13 Å². The average molecular weight is 288 g/mol. The van der Waals surface area contributed by atoms with Crippen molar-refractivity contribution >= 4 is 22.5 Å². The fourth-order valence-electron chi connectivity index (χ4n) is 2.38.